The lowest BCUT2D eigenvalue weighted by Gasteiger charge is -2.31. The Hall–Kier alpha value is -3.74. The molecule has 31 heavy (non-hydrogen) atoms. The molecule has 4 rings (SSSR count). The topological polar surface area (TPSA) is 92.6 Å². The van der Waals surface area contributed by atoms with E-state index in [-0.39, 0.29) is 23.4 Å². The van der Waals surface area contributed by atoms with Crippen LogP contribution in [0.5, 0.6) is 0 Å². The van der Waals surface area contributed by atoms with Gasteiger partial charge in [-0.2, -0.15) is 0 Å². The molecule has 1 aliphatic heterocycles. The van der Waals surface area contributed by atoms with Gasteiger partial charge >= 0.3 is 0 Å². The molecule has 0 spiro atoms. The van der Waals surface area contributed by atoms with Crippen LogP contribution in [0.1, 0.15) is 28.8 Å². The quantitative estimate of drug-likeness (QED) is 0.498. The van der Waals surface area contributed by atoms with Crippen LogP contribution in [-0.2, 0) is 4.79 Å². The molecule has 0 aromatic heterocycles. The number of benzene rings is 3. The van der Waals surface area contributed by atoms with Crippen LogP contribution in [-0.4, -0.2) is 34.7 Å². The number of nitrogens with one attached hydrogen (secondary N) is 1. The van der Waals surface area contributed by atoms with E-state index in [0.29, 0.717) is 42.7 Å². The third-order valence-electron chi connectivity index (χ3n) is 5.85. The van der Waals surface area contributed by atoms with Gasteiger partial charge in [0.1, 0.15) is 0 Å². The Morgan fingerprint density at radius 1 is 1.03 bits per heavy atom. The Kier molecular flexibility index (Phi) is 5.66. The van der Waals surface area contributed by atoms with Gasteiger partial charge in [-0.25, -0.2) is 0 Å². The number of fused-ring (bicyclic) bond motifs is 1. The Balaban J connectivity index is 1.40. The fourth-order valence-corrected chi connectivity index (χ4v) is 4.06. The van der Waals surface area contributed by atoms with E-state index in [2.05, 4.69) is 5.32 Å². The highest BCUT2D eigenvalue weighted by molar-refractivity contribution is 6.07. The maximum Gasteiger partial charge on any atom is 0.274 e. The molecule has 3 aromatic rings. The van der Waals surface area contributed by atoms with E-state index in [1.54, 1.807) is 24.0 Å². The van der Waals surface area contributed by atoms with Crippen molar-refractivity contribution >= 4 is 34.0 Å². The number of anilines is 1. The summed E-state index contributed by atoms with van der Waals surface area (Å²) in [5, 5.41) is 15.9. The zero-order valence-corrected chi connectivity index (χ0v) is 17.2. The number of piperidine rings is 1. The van der Waals surface area contributed by atoms with E-state index in [1.165, 1.54) is 6.07 Å². The zero-order valence-electron chi connectivity index (χ0n) is 17.2. The molecule has 2 amide bonds. The molecule has 0 bridgehead atoms. The van der Waals surface area contributed by atoms with Gasteiger partial charge in [0.2, 0.25) is 5.91 Å². The number of amides is 2. The second-order valence-electron chi connectivity index (χ2n) is 7.84. The van der Waals surface area contributed by atoms with Crippen LogP contribution in [0.4, 0.5) is 11.4 Å². The summed E-state index contributed by atoms with van der Waals surface area (Å²) in [6.45, 7) is 2.65. The summed E-state index contributed by atoms with van der Waals surface area (Å²) in [6, 6.07) is 18.2. The Morgan fingerprint density at radius 2 is 1.74 bits per heavy atom. The predicted octanol–water partition coefficient (Wildman–Crippen LogP) is 4.55. The first-order valence-corrected chi connectivity index (χ1v) is 10.3. The molecule has 1 N–H and O–H groups in total. The number of rotatable bonds is 4. The first kappa shape index (κ1) is 20.5. The third-order valence-corrected chi connectivity index (χ3v) is 5.85. The maximum absolute atomic E-state index is 13.1. The monoisotopic (exact) mass is 417 g/mol. The highest BCUT2D eigenvalue weighted by Gasteiger charge is 2.28. The van der Waals surface area contributed by atoms with E-state index in [4.69, 9.17) is 0 Å². The third kappa shape index (κ3) is 4.26. The van der Waals surface area contributed by atoms with Gasteiger partial charge in [0.05, 0.1) is 4.92 Å². The molecular formula is C24H23N3O4. The lowest BCUT2D eigenvalue weighted by atomic mass is 9.94. The molecule has 0 saturated carbocycles. The number of aryl methyl sites for hydroxylation is 1. The average Bonchev–Trinajstić information content (AvgIpc) is 2.79. The van der Waals surface area contributed by atoms with E-state index in [0.717, 1.165) is 10.8 Å². The van der Waals surface area contributed by atoms with Crippen LogP contribution in [0, 0.1) is 23.0 Å². The Morgan fingerprint density at radius 3 is 2.48 bits per heavy atom. The molecule has 7 heteroatoms. The summed E-state index contributed by atoms with van der Waals surface area (Å²) in [4.78, 5) is 38.2. The minimum absolute atomic E-state index is 0.0201. The normalized spacial score (nSPS) is 14.4. The van der Waals surface area contributed by atoms with Gasteiger partial charge in [0, 0.05) is 41.9 Å². The maximum atomic E-state index is 13.1. The van der Waals surface area contributed by atoms with Crippen molar-refractivity contribution < 1.29 is 14.5 Å². The number of hydrogen-bond donors (Lipinski definition) is 1. The van der Waals surface area contributed by atoms with Crippen LogP contribution in [0.2, 0.25) is 0 Å². The van der Waals surface area contributed by atoms with Crippen molar-refractivity contribution in [2.45, 2.75) is 19.8 Å². The molecule has 0 aliphatic carbocycles. The molecule has 1 heterocycles. The zero-order chi connectivity index (χ0) is 22.0. The van der Waals surface area contributed by atoms with E-state index < -0.39 is 4.92 Å². The number of carbonyl (C=O) groups is 2. The van der Waals surface area contributed by atoms with Gasteiger partial charge in [0.25, 0.3) is 11.6 Å². The van der Waals surface area contributed by atoms with E-state index >= 15 is 0 Å². The lowest BCUT2D eigenvalue weighted by Crippen LogP contribution is -2.41. The van der Waals surface area contributed by atoms with Gasteiger partial charge in [-0.05, 0) is 42.7 Å². The highest BCUT2D eigenvalue weighted by Crippen LogP contribution is 2.26. The molecule has 1 aliphatic rings. The number of nitrogens with zero attached hydrogens (tertiary/aromatic N) is 2. The van der Waals surface area contributed by atoms with Gasteiger partial charge in [-0.1, -0.05) is 42.5 Å². The largest absolute Gasteiger partial charge is 0.339 e. The fraction of sp³-hybridized carbons (Fsp3) is 0.250. The highest BCUT2D eigenvalue weighted by atomic mass is 16.6. The van der Waals surface area contributed by atoms with Crippen LogP contribution in [0.3, 0.4) is 0 Å². The minimum Gasteiger partial charge on any atom is -0.339 e. The Bertz CT molecular complexity index is 1160. The predicted molar refractivity (Wildman–Crippen MR) is 119 cm³/mol. The van der Waals surface area contributed by atoms with Gasteiger partial charge in [-0.3, -0.25) is 19.7 Å². The molecule has 3 aromatic carbocycles. The standard InChI is InChI=1S/C24H23N3O4/c1-16-9-10-19(15-22(16)27(30)31)25-23(28)18-11-13-26(14-12-18)24(29)21-8-4-6-17-5-2-3-7-20(17)21/h2-10,15,18H,11-14H2,1H3,(H,25,28). The van der Waals surface area contributed by atoms with E-state index in [9.17, 15) is 19.7 Å². The SMILES string of the molecule is Cc1ccc(NC(=O)C2CCN(C(=O)c3cccc4ccccc34)CC2)cc1[N+](=O)[O-]. The number of nitro groups is 1. The second-order valence-corrected chi connectivity index (χ2v) is 7.84. The van der Waals surface area contributed by atoms with Crippen LogP contribution >= 0.6 is 0 Å². The molecule has 158 valence electrons. The Labute approximate surface area is 179 Å². The number of hydrogen-bond acceptors (Lipinski definition) is 4. The van der Waals surface area contributed by atoms with Crippen LogP contribution < -0.4 is 5.32 Å². The lowest BCUT2D eigenvalue weighted by molar-refractivity contribution is -0.385. The first-order valence-electron chi connectivity index (χ1n) is 10.3. The number of nitro benzene ring substituents is 1. The number of likely N-dealkylation sites (tertiary alicyclic amines) is 1. The van der Waals surface area contributed by atoms with E-state index in [1.807, 2.05) is 42.5 Å². The summed E-state index contributed by atoms with van der Waals surface area (Å²) in [5.74, 6) is -0.433. The fourth-order valence-electron chi connectivity index (χ4n) is 4.06. The molecule has 1 fully saturated rings. The summed E-state index contributed by atoms with van der Waals surface area (Å²) >= 11 is 0. The molecule has 1 saturated heterocycles. The smallest absolute Gasteiger partial charge is 0.274 e. The van der Waals surface area contributed by atoms with Crippen molar-refractivity contribution in [3.63, 3.8) is 0 Å². The van der Waals surface area contributed by atoms with Crippen LogP contribution in [0.15, 0.2) is 60.7 Å². The van der Waals surface area contributed by atoms with Crippen LogP contribution in [0.25, 0.3) is 10.8 Å². The molecule has 0 atom stereocenters. The summed E-state index contributed by atoms with van der Waals surface area (Å²) in [6.07, 6.45) is 1.10. The van der Waals surface area contributed by atoms with Crippen molar-refractivity contribution in [2.75, 3.05) is 18.4 Å². The van der Waals surface area contributed by atoms with Crippen molar-refractivity contribution in [2.24, 2.45) is 5.92 Å². The van der Waals surface area contributed by atoms with Crippen molar-refractivity contribution in [3.05, 3.63) is 81.9 Å². The van der Waals surface area contributed by atoms with Crippen molar-refractivity contribution in [3.8, 4) is 0 Å². The second kappa shape index (κ2) is 8.55. The summed E-state index contributed by atoms with van der Waals surface area (Å²) < 4.78 is 0. The average molecular weight is 417 g/mol. The van der Waals surface area contributed by atoms with Crippen molar-refractivity contribution in [1.29, 1.82) is 0 Å². The molecule has 7 nitrogen and oxygen atoms in total. The van der Waals surface area contributed by atoms with Gasteiger partial charge < -0.3 is 10.2 Å². The molecular weight excluding hydrogens is 394 g/mol. The van der Waals surface area contributed by atoms with Crippen molar-refractivity contribution in [1.82, 2.24) is 4.90 Å². The molecule has 0 radical (unpaired) electrons. The summed E-state index contributed by atoms with van der Waals surface area (Å²) in [5.41, 5.74) is 1.61. The summed E-state index contributed by atoms with van der Waals surface area (Å²) in [7, 11) is 0. The van der Waals surface area contributed by atoms with Gasteiger partial charge in [-0.15, -0.1) is 0 Å². The minimum atomic E-state index is -0.456. The first-order chi connectivity index (χ1) is 14.9. The van der Waals surface area contributed by atoms with Gasteiger partial charge in [0.15, 0.2) is 0 Å². The number of carbonyl (C=O) groups excluding carboxylic acids is 2. The molecule has 0 unspecified atom stereocenters.